The van der Waals surface area contributed by atoms with E-state index in [0.717, 1.165) is 18.4 Å². The molecular weight excluding hydrogens is 435 g/mol. The van der Waals surface area contributed by atoms with Gasteiger partial charge in [0.2, 0.25) is 5.91 Å². The van der Waals surface area contributed by atoms with Crippen LogP contribution in [-0.2, 0) is 4.79 Å². The summed E-state index contributed by atoms with van der Waals surface area (Å²) in [7, 11) is 0. The molecule has 0 aliphatic carbocycles. The monoisotopic (exact) mass is 468 g/mol. The molecule has 0 bridgehead atoms. The molecule has 4 amide bonds. The Morgan fingerprint density at radius 3 is 2.53 bits per heavy atom. The van der Waals surface area contributed by atoms with Crippen LogP contribution < -0.4 is 16.0 Å². The van der Waals surface area contributed by atoms with Gasteiger partial charge in [0.25, 0.3) is 5.91 Å². The van der Waals surface area contributed by atoms with Crippen molar-refractivity contribution in [2.75, 3.05) is 25.0 Å². The molecule has 3 N–H and O–H groups in total. The van der Waals surface area contributed by atoms with E-state index < -0.39 is 17.9 Å². The summed E-state index contributed by atoms with van der Waals surface area (Å²) in [6.07, 6.45) is 1.70. The number of carbonyl (C=O) groups excluding carboxylic acids is 3. The number of benzene rings is 2. The lowest BCUT2D eigenvalue weighted by molar-refractivity contribution is -0.136. The van der Waals surface area contributed by atoms with Gasteiger partial charge in [0.1, 0.15) is 11.9 Å². The van der Waals surface area contributed by atoms with Gasteiger partial charge in [-0.2, -0.15) is 0 Å². The Labute approximate surface area is 200 Å². The molecule has 1 saturated heterocycles. The van der Waals surface area contributed by atoms with Crippen LogP contribution in [-0.4, -0.2) is 48.4 Å². The van der Waals surface area contributed by atoms with Crippen LogP contribution in [0.1, 0.15) is 42.6 Å². The fourth-order valence-corrected chi connectivity index (χ4v) is 4.05. The molecule has 0 spiro atoms. The van der Waals surface area contributed by atoms with E-state index in [1.54, 1.807) is 23.1 Å². The maximum Gasteiger partial charge on any atom is 0.319 e. The third-order valence-corrected chi connectivity index (χ3v) is 6.00. The van der Waals surface area contributed by atoms with Crippen LogP contribution in [0.3, 0.4) is 0 Å². The van der Waals surface area contributed by atoms with Gasteiger partial charge in [-0.05, 0) is 61.9 Å². The summed E-state index contributed by atoms with van der Waals surface area (Å²) >= 11 is 0. The topological polar surface area (TPSA) is 90.5 Å². The SMILES string of the molecule is Cc1ccc(C(=O)NC(C(=O)N2CCCC(CNC(=O)Nc3cccc(F)c3)C2)C(C)C)cc1. The van der Waals surface area contributed by atoms with Gasteiger partial charge >= 0.3 is 6.03 Å². The number of carbonyl (C=O) groups is 3. The van der Waals surface area contributed by atoms with Crippen LogP contribution >= 0.6 is 0 Å². The van der Waals surface area contributed by atoms with E-state index in [0.29, 0.717) is 30.9 Å². The number of aryl methyl sites for hydroxylation is 1. The van der Waals surface area contributed by atoms with E-state index in [1.165, 1.54) is 18.2 Å². The minimum absolute atomic E-state index is 0.0718. The van der Waals surface area contributed by atoms with Gasteiger partial charge in [0, 0.05) is 30.9 Å². The van der Waals surface area contributed by atoms with E-state index in [2.05, 4.69) is 16.0 Å². The smallest absolute Gasteiger partial charge is 0.319 e. The quantitative estimate of drug-likeness (QED) is 0.575. The first-order chi connectivity index (χ1) is 16.2. The third kappa shape index (κ3) is 7.04. The number of hydrogen-bond acceptors (Lipinski definition) is 3. The maximum atomic E-state index is 13.3. The van der Waals surface area contributed by atoms with Gasteiger partial charge < -0.3 is 20.9 Å². The lowest BCUT2D eigenvalue weighted by Crippen LogP contribution is -2.54. The zero-order valence-corrected chi connectivity index (χ0v) is 19.9. The van der Waals surface area contributed by atoms with Gasteiger partial charge in [-0.3, -0.25) is 9.59 Å². The standard InChI is InChI=1S/C26H33FN4O3/c1-17(2)23(30-24(32)20-11-9-18(3)10-12-20)25(33)31-13-5-6-19(16-31)15-28-26(34)29-22-8-4-7-21(27)14-22/h4,7-12,14,17,19,23H,5-6,13,15-16H2,1-3H3,(H,30,32)(H2,28,29,34). The number of nitrogens with zero attached hydrogens (tertiary/aromatic N) is 1. The molecule has 0 radical (unpaired) electrons. The fourth-order valence-electron chi connectivity index (χ4n) is 4.05. The van der Waals surface area contributed by atoms with Crippen molar-refractivity contribution in [2.45, 2.75) is 39.7 Å². The number of rotatable bonds is 7. The normalized spacial score (nSPS) is 16.6. The first-order valence-corrected chi connectivity index (χ1v) is 11.7. The van der Waals surface area contributed by atoms with Gasteiger partial charge in [0.15, 0.2) is 0 Å². The largest absolute Gasteiger partial charge is 0.341 e. The van der Waals surface area contributed by atoms with Crippen molar-refractivity contribution < 1.29 is 18.8 Å². The summed E-state index contributed by atoms with van der Waals surface area (Å²) < 4.78 is 13.3. The molecule has 2 atom stereocenters. The van der Waals surface area contributed by atoms with Crippen molar-refractivity contribution in [3.63, 3.8) is 0 Å². The van der Waals surface area contributed by atoms with Crippen molar-refractivity contribution in [3.8, 4) is 0 Å². The van der Waals surface area contributed by atoms with Crippen molar-refractivity contribution >= 4 is 23.5 Å². The Hall–Kier alpha value is -3.42. The molecule has 8 heteroatoms. The second-order valence-corrected chi connectivity index (χ2v) is 9.20. The summed E-state index contributed by atoms with van der Waals surface area (Å²) in [5, 5.41) is 8.33. The summed E-state index contributed by atoms with van der Waals surface area (Å²) in [6.45, 7) is 7.30. The Bertz CT molecular complexity index is 1010. The highest BCUT2D eigenvalue weighted by Gasteiger charge is 2.32. The highest BCUT2D eigenvalue weighted by atomic mass is 19.1. The molecule has 2 aromatic carbocycles. The van der Waals surface area contributed by atoms with Crippen molar-refractivity contribution in [1.82, 2.24) is 15.5 Å². The maximum absolute atomic E-state index is 13.3. The fraction of sp³-hybridized carbons (Fsp3) is 0.423. The molecule has 0 saturated carbocycles. The van der Waals surface area contributed by atoms with E-state index in [4.69, 9.17) is 0 Å². The number of urea groups is 1. The molecule has 182 valence electrons. The third-order valence-electron chi connectivity index (χ3n) is 6.00. The molecular formula is C26H33FN4O3. The number of piperidine rings is 1. The summed E-state index contributed by atoms with van der Waals surface area (Å²) in [5.41, 5.74) is 1.96. The van der Waals surface area contributed by atoms with Gasteiger partial charge in [-0.25, -0.2) is 9.18 Å². The van der Waals surface area contributed by atoms with Gasteiger partial charge in [-0.1, -0.05) is 37.6 Å². The van der Waals surface area contributed by atoms with E-state index in [-0.39, 0.29) is 23.7 Å². The van der Waals surface area contributed by atoms with Crippen molar-refractivity contribution in [3.05, 3.63) is 65.5 Å². The zero-order valence-electron chi connectivity index (χ0n) is 19.9. The summed E-state index contributed by atoms with van der Waals surface area (Å²) in [4.78, 5) is 40.0. The zero-order chi connectivity index (χ0) is 24.7. The Balaban J connectivity index is 1.54. The van der Waals surface area contributed by atoms with Crippen LogP contribution in [0.2, 0.25) is 0 Å². The van der Waals surface area contributed by atoms with Crippen LogP contribution in [0.15, 0.2) is 48.5 Å². The minimum atomic E-state index is -0.628. The van der Waals surface area contributed by atoms with E-state index >= 15 is 0 Å². The molecule has 1 heterocycles. The molecule has 1 aliphatic heterocycles. The molecule has 2 unspecified atom stereocenters. The number of amides is 4. The lowest BCUT2D eigenvalue weighted by Gasteiger charge is -2.36. The molecule has 2 aromatic rings. The summed E-state index contributed by atoms with van der Waals surface area (Å²) in [6, 6.07) is 11.9. The number of likely N-dealkylation sites (tertiary alicyclic amines) is 1. The van der Waals surface area contributed by atoms with Crippen LogP contribution in [0.25, 0.3) is 0 Å². The molecule has 7 nitrogen and oxygen atoms in total. The van der Waals surface area contributed by atoms with Gasteiger partial charge in [-0.15, -0.1) is 0 Å². The number of halogens is 1. The van der Waals surface area contributed by atoms with E-state index in [9.17, 15) is 18.8 Å². The summed E-state index contributed by atoms with van der Waals surface area (Å²) in [5.74, 6) is -0.775. The predicted molar refractivity (Wildman–Crippen MR) is 130 cm³/mol. The average Bonchev–Trinajstić information content (AvgIpc) is 2.81. The van der Waals surface area contributed by atoms with E-state index in [1.807, 2.05) is 32.9 Å². The Morgan fingerprint density at radius 1 is 1.12 bits per heavy atom. The second kappa shape index (κ2) is 11.6. The Kier molecular flexibility index (Phi) is 8.62. The first kappa shape index (κ1) is 25.2. The van der Waals surface area contributed by atoms with Crippen LogP contribution in [0.5, 0.6) is 0 Å². The average molecular weight is 469 g/mol. The molecule has 1 aliphatic rings. The lowest BCUT2D eigenvalue weighted by atomic mass is 9.95. The number of anilines is 1. The minimum Gasteiger partial charge on any atom is -0.341 e. The molecule has 34 heavy (non-hydrogen) atoms. The molecule has 0 aromatic heterocycles. The second-order valence-electron chi connectivity index (χ2n) is 9.20. The highest BCUT2D eigenvalue weighted by molar-refractivity contribution is 5.97. The van der Waals surface area contributed by atoms with Crippen LogP contribution in [0, 0.1) is 24.6 Å². The molecule has 1 fully saturated rings. The number of nitrogens with one attached hydrogen (secondary N) is 3. The Morgan fingerprint density at radius 2 is 1.85 bits per heavy atom. The molecule has 3 rings (SSSR count). The van der Waals surface area contributed by atoms with Gasteiger partial charge in [0.05, 0.1) is 0 Å². The number of hydrogen-bond donors (Lipinski definition) is 3. The predicted octanol–water partition coefficient (Wildman–Crippen LogP) is 3.95. The van der Waals surface area contributed by atoms with Crippen LogP contribution in [0.4, 0.5) is 14.9 Å². The first-order valence-electron chi connectivity index (χ1n) is 11.7. The highest BCUT2D eigenvalue weighted by Crippen LogP contribution is 2.19. The van der Waals surface area contributed by atoms with Crippen molar-refractivity contribution in [1.29, 1.82) is 0 Å². The van der Waals surface area contributed by atoms with Crippen molar-refractivity contribution in [2.24, 2.45) is 11.8 Å².